The van der Waals surface area contributed by atoms with E-state index < -0.39 is 10.7 Å². The van der Waals surface area contributed by atoms with Crippen molar-refractivity contribution in [2.75, 3.05) is 11.1 Å². The average molecular weight is 282 g/mol. The second-order valence-electron chi connectivity index (χ2n) is 3.81. The standard InChI is InChI=1S/C12H9ClFN3O2/c13-7-3-8(14)5-10(4-7)16-9-1-2-12(17(18)19)11(15)6-9/h1-6,16H,15H2. The van der Waals surface area contributed by atoms with Crippen molar-refractivity contribution in [3.05, 3.63) is 57.4 Å². The highest BCUT2D eigenvalue weighted by atomic mass is 35.5. The van der Waals surface area contributed by atoms with Crippen molar-refractivity contribution in [1.82, 2.24) is 0 Å². The third kappa shape index (κ3) is 3.11. The van der Waals surface area contributed by atoms with Gasteiger partial charge in [-0.15, -0.1) is 0 Å². The topological polar surface area (TPSA) is 81.2 Å². The lowest BCUT2D eigenvalue weighted by molar-refractivity contribution is -0.383. The van der Waals surface area contributed by atoms with Gasteiger partial charge in [0.1, 0.15) is 11.5 Å². The molecule has 2 aromatic carbocycles. The van der Waals surface area contributed by atoms with Crippen molar-refractivity contribution in [1.29, 1.82) is 0 Å². The fourth-order valence-corrected chi connectivity index (χ4v) is 1.81. The van der Waals surface area contributed by atoms with E-state index in [0.29, 0.717) is 11.4 Å². The third-order valence-corrected chi connectivity index (χ3v) is 2.59. The van der Waals surface area contributed by atoms with Crippen LogP contribution in [0.2, 0.25) is 5.02 Å². The molecule has 19 heavy (non-hydrogen) atoms. The van der Waals surface area contributed by atoms with E-state index in [1.807, 2.05) is 0 Å². The summed E-state index contributed by atoms with van der Waals surface area (Å²) in [6, 6.07) is 8.12. The Morgan fingerprint density at radius 2 is 1.95 bits per heavy atom. The molecule has 0 heterocycles. The number of nitrogens with two attached hydrogens (primary N) is 1. The molecule has 0 spiro atoms. The molecule has 0 radical (unpaired) electrons. The number of nitrogens with one attached hydrogen (secondary N) is 1. The number of anilines is 3. The van der Waals surface area contributed by atoms with Crippen LogP contribution in [0.25, 0.3) is 0 Å². The number of hydrogen-bond donors (Lipinski definition) is 2. The molecule has 0 aromatic heterocycles. The van der Waals surface area contributed by atoms with Gasteiger partial charge < -0.3 is 11.1 Å². The quantitative estimate of drug-likeness (QED) is 0.510. The third-order valence-electron chi connectivity index (χ3n) is 2.38. The van der Waals surface area contributed by atoms with Crippen molar-refractivity contribution in [3.8, 4) is 0 Å². The van der Waals surface area contributed by atoms with Gasteiger partial charge in [0.2, 0.25) is 0 Å². The number of nitro benzene ring substituents is 1. The van der Waals surface area contributed by atoms with Gasteiger partial charge in [-0.3, -0.25) is 10.1 Å². The van der Waals surface area contributed by atoms with E-state index in [1.165, 1.54) is 36.4 Å². The molecule has 0 aliphatic rings. The average Bonchev–Trinajstić information content (AvgIpc) is 2.26. The van der Waals surface area contributed by atoms with Gasteiger partial charge >= 0.3 is 0 Å². The lowest BCUT2D eigenvalue weighted by atomic mass is 10.2. The van der Waals surface area contributed by atoms with Gasteiger partial charge in [0.15, 0.2) is 0 Å². The molecule has 3 N–H and O–H groups in total. The molecule has 0 amide bonds. The van der Waals surface area contributed by atoms with Gasteiger partial charge in [-0.2, -0.15) is 0 Å². The summed E-state index contributed by atoms with van der Waals surface area (Å²) in [5, 5.41) is 13.7. The minimum absolute atomic E-state index is 0.0255. The number of rotatable bonds is 3. The highest BCUT2D eigenvalue weighted by molar-refractivity contribution is 6.30. The number of nitrogen functional groups attached to an aromatic ring is 1. The molecule has 0 fully saturated rings. The van der Waals surface area contributed by atoms with Crippen molar-refractivity contribution in [2.24, 2.45) is 0 Å². The number of halogens is 2. The fourth-order valence-electron chi connectivity index (χ4n) is 1.59. The molecule has 0 atom stereocenters. The fraction of sp³-hybridized carbons (Fsp3) is 0. The van der Waals surface area contributed by atoms with E-state index in [-0.39, 0.29) is 16.4 Å². The van der Waals surface area contributed by atoms with Crippen LogP contribution in [0.15, 0.2) is 36.4 Å². The zero-order chi connectivity index (χ0) is 14.0. The monoisotopic (exact) mass is 281 g/mol. The lowest BCUT2D eigenvalue weighted by Gasteiger charge is -2.08. The Morgan fingerprint density at radius 1 is 1.21 bits per heavy atom. The van der Waals surface area contributed by atoms with Crippen LogP contribution in [0, 0.1) is 15.9 Å². The van der Waals surface area contributed by atoms with E-state index in [9.17, 15) is 14.5 Å². The zero-order valence-corrected chi connectivity index (χ0v) is 10.3. The maximum Gasteiger partial charge on any atom is 0.292 e. The highest BCUT2D eigenvalue weighted by Gasteiger charge is 2.11. The maximum atomic E-state index is 13.1. The molecule has 5 nitrogen and oxygen atoms in total. The van der Waals surface area contributed by atoms with Crippen LogP contribution in [-0.2, 0) is 0 Å². The summed E-state index contributed by atoms with van der Waals surface area (Å²) in [4.78, 5) is 10.0. The van der Waals surface area contributed by atoms with Gasteiger partial charge in [0.05, 0.1) is 4.92 Å². The molecule has 0 aliphatic carbocycles. The van der Waals surface area contributed by atoms with E-state index in [2.05, 4.69) is 5.32 Å². The summed E-state index contributed by atoms with van der Waals surface area (Å²) in [5.41, 5.74) is 6.33. The Bertz CT molecular complexity index is 629. The first kappa shape index (κ1) is 13.1. The Kier molecular flexibility index (Phi) is 3.52. The molecule has 0 unspecified atom stereocenters. The SMILES string of the molecule is Nc1cc(Nc2cc(F)cc(Cl)c2)ccc1[N+](=O)[O-]. The summed E-state index contributed by atoms with van der Waals surface area (Å²) in [6.07, 6.45) is 0. The molecule has 0 saturated heterocycles. The normalized spacial score (nSPS) is 10.2. The van der Waals surface area contributed by atoms with Crippen LogP contribution in [0.5, 0.6) is 0 Å². The largest absolute Gasteiger partial charge is 0.393 e. The van der Waals surface area contributed by atoms with Crippen LogP contribution >= 0.6 is 11.6 Å². The molecule has 0 saturated carbocycles. The van der Waals surface area contributed by atoms with Gasteiger partial charge in [-0.25, -0.2) is 4.39 Å². The lowest BCUT2D eigenvalue weighted by Crippen LogP contribution is -1.97. The van der Waals surface area contributed by atoms with Crippen LogP contribution in [0.3, 0.4) is 0 Å². The molecule has 0 bridgehead atoms. The first-order chi connectivity index (χ1) is 8.95. The molecule has 2 rings (SSSR count). The number of nitro groups is 1. The second kappa shape index (κ2) is 5.11. The van der Waals surface area contributed by atoms with Crippen LogP contribution in [-0.4, -0.2) is 4.92 Å². The first-order valence-electron chi connectivity index (χ1n) is 5.23. The predicted octanol–water partition coefficient (Wildman–Crippen LogP) is 3.71. The summed E-state index contributed by atoms with van der Waals surface area (Å²) in [7, 11) is 0. The van der Waals surface area contributed by atoms with Crippen LogP contribution < -0.4 is 11.1 Å². The highest BCUT2D eigenvalue weighted by Crippen LogP contribution is 2.27. The molecule has 0 aliphatic heterocycles. The van der Waals surface area contributed by atoms with Crippen LogP contribution in [0.1, 0.15) is 0 Å². The Morgan fingerprint density at radius 3 is 2.53 bits per heavy atom. The van der Waals surface area contributed by atoms with Crippen molar-refractivity contribution in [2.45, 2.75) is 0 Å². The molecule has 7 heteroatoms. The summed E-state index contributed by atoms with van der Waals surface area (Å²) in [5.74, 6) is -0.482. The predicted molar refractivity (Wildman–Crippen MR) is 72.2 cm³/mol. The van der Waals surface area contributed by atoms with Gasteiger partial charge in [0.25, 0.3) is 5.69 Å². The zero-order valence-electron chi connectivity index (χ0n) is 9.56. The van der Waals surface area contributed by atoms with E-state index in [0.717, 1.165) is 0 Å². The van der Waals surface area contributed by atoms with Crippen molar-refractivity contribution in [3.63, 3.8) is 0 Å². The second-order valence-corrected chi connectivity index (χ2v) is 4.25. The Balaban J connectivity index is 2.28. The van der Waals surface area contributed by atoms with E-state index >= 15 is 0 Å². The van der Waals surface area contributed by atoms with Gasteiger partial charge in [-0.05, 0) is 30.3 Å². The minimum atomic E-state index is -0.571. The number of hydrogen-bond acceptors (Lipinski definition) is 4. The smallest absolute Gasteiger partial charge is 0.292 e. The Labute approximate surface area is 113 Å². The van der Waals surface area contributed by atoms with Crippen LogP contribution in [0.4, 0.5) is 27.1 Å². The van der Waals surface area contributed by atoms with Crippen molar-refractivity contribution < 1.29 is 9.31 Å². The molecule has 2 aromatic rings. The Hall–Kier alpha value is -2.34. The van der Waals surface area contributed by atoms with Gasteiger partial charge in [0, 0.05) is 22.5 Å². The molecular weight excluding hydrogens is 273 g/mol. The van der Waals surface area contributed by atoms with E-state index in [1.54, 1.807) is 0 Å². The minimum Gasteiger partial charge on any atom is -0.393 e. The molecule has 98 valence electrons. The number of benzene rings is 2. The molecular formula is C12H9ClFN3O2. The van der Waals surface area contributed by atoms with Crippen molar-refractivity contribution >= 4 is 34.4 Å². The number of nitrogens with zero attached hydrogens (tertiary/aromatic N) is 1. The first-order valence-corrected chi connectivity index (χ1v) is 5.60. The van der Waals surface area contributed by atoms with E-state index in [4.69, 9.17) is 17.3 Å². The summed E-state index contributed by atoms with van der Waals surface area (Å²) in [6.45, 7) is 0. The van der Waals surface area contributed by atoms with Gasteiger partial charge in [-0.1, -0.05) is 11.6 Å². The summed E-state index contributed by atoms with van der Waals surface area (Å²) < 4.78 is 13.1. The summed E-state index contributed by atoms with van der Waals surface area (Å²) >= 11 is 5.72. The maximum absolute atomic E-state index is 13.1.